The molecular formula is C16H29N7O. The predicted molar refractivity (Wildman–Crippen MR) is 91.8 cm³/mol. The van der Waals surface area contributed by atoms with Gasteiger partial charge in [0.05, 0.1) is 6.54 Å². The summed E-state index contributed by atoms with van der Waals surface area (Å²) in [4.78, 5) is 18.6. The maximum absolute atomic E-state index is 12.3. The molecule has 134 valence electrons. The molecule has 8 nitrogen and oxygen atoms in total. The van der Waals surface area contributed by atoms with Gasteiger partial charge in [-0.2, -0.15) is 0 Å². The molecule has 1 aliphatic carbocycles. The Morgan fingerprint density at radius 3 is 2.46 bits per heavy atom. The van der Waals surface area contributed by atoms with Crippen molar-refractivity contribution in [2.75, 3.05) is 47.3 Å². The SMILES string of the molecule is CN(C)Cc1nnc(C2CC(NC(=O)N3CCN(C)CC3)C2)n1C. The number of urea groups is 1. The van der Waals surface area contributed by atoms with E-state index in [0.29, 0.717) is 5.92 Å². The van der Waals surface area contributed by atoms with Crippen molar-refractivity contribution in [3.8, 4) is 0 Å². The average Bonchev–Trinajstić information content (AvgIpc) is 2.83. The number of piperazine rings is 1. The highest BCUT2D eigenvalue weighted by molar-refractivity contribution is 5.74. The van der Waals surface area contributed by atoms with Gasteiger partial charge in [-0.3, -0.25) is 0 Å². The molecule has 8 heteroatoms. The lowest BCUT2D eigenvalue weighted by Gasteiger charge is -2.38. The minimum Gasteiger partial charge on any atom is -0.335 e. The molecule has 1 aromatic heterocycles. The van der Waals surface area contributed by atoms with Crippen LogP contribution in [0, 0.1) is 0 Å². The molecule has 0 bridgehead atoms. The van der Waals surface area contributed by atoms with Gasteiger partial charge in [-0.25, -0.2) is 4.79 Å². The minimum absolute atomic E-state index is 0.0813. The van der Waals surface area contributed by atoms with Gasteiger partial charge in [0.2, 0.25) is 0 Å². The standard InChI is InChI=1S/C16H29N7O/c1-20(2)11-14-18-19-15(22(14)4)12-9-13(10-12)17-16(24)23-7-5-21(3)6-8-23/h12-13H,5-11H2,1-4H3,(H,17,24). The Bertz CT molecular complexity index is 571. The van der Waals surface area contributed by atoms with Crippen LogP contribution in [0.25, 0.3) is 0 Å². The number of nitrogens with one attached hydrogen (secondary N) is 1. The quantitative estimate of drug-likeness (QED) is 0.844. The van der Waals surface area contributed by atoms with Crippen LogP contribution < -0.4 is 5.32 Å². The number of rotatable bonds is 4. The van der Waals surface area contributed by atoms with E-state index in [1.165, 1.54) is 0 Å². The molecule has 0 aromatic carbocycles. The second-order valence-corrected chi connectivity index (χ2v) is 7.38. The maximum Gasteiger partial charge on any atom is 0.317 e. The summed E-state index contributed by atoms with van der Waals surface area (Å²) in [5, 5.41) is 11.8. The fourth-order valence-electron chi connectivity index (χ4n) is 3.37. The number of likely N-dealkylation sites (N-methyl/N-ethyl adjacent to an activating group) is 1. The third-order valence-corrected chi connectivity index (χ3v) is 5.08. The second kappa shape index (κ2) is 7.06. The van der Waals surface area contributed by atoms with Crippen molar-refractivity contribution < 1.29 is 4.79 Å². The number of hydrogen-bond acceptors (Lipinski definition) is 5. The van der Waals surface area contributed by atoms with Gasteiger partial charge in [0.25, 0.3) is 0 Å². The molecule has 2 fully saturated rings. The maximum atomic E-state index is 12.3. The van der Waals surface area contributed by atoms with Gasteiger partial charge in [-0.15, -0.1) is 10.2 Å². The Hall–Kier alpha value is -1.67. The van der Waals surface area contributed by atoms with Crippen LogP contribution in [0.5, 0.6) is 0 Å². The number of aromatic nitrogens is 3. The van der Waals surface area contributed by atoms with Crippen LogP contribution in [0.15, 0.2) is 0 Å². The number of hydrogen-bond donors (Lipinski definition) is 1. The molecule has 0 spiro atoms. The molecule has 2 aliphatic rings. The molecule has 2 amide bonds. The van der Waals surface area contributed by atoms with E-state index in [9.17, 15) is 4.79 Å². The monoisotopic (exact) mass is 335 g/mol. The highest BCUT2D eigenvalue weighted by Gasteiger charge is 2.35. The summed E-state index contributed by atoms with van der Waals surface area (Å²) in [5.74, 6) is 2.42. The summed E-state index contributed by atoms with van der Waals surface area (Å²) in [6, 6.07) is 0.342. The number of nitrogens with zero attached hydrogens (tertiary/aromatic N) is 6. The van der Waals surface area contributed by atoms with E-state index in [0.717, 1.165) is 57.2 Å². The zero-order valence-corrected chi connectivity index (χ0v) is 15.2. The van der Waals surface area contributed by atoms with Crippen LogP contribution in [0.4, 0.5) is 4.79 Å². The van der Waals surface area contributed by atoms with E-state index >= 15 is 0 Å². The van der Waals surface area contributed by atoms with E-state index in [1.807, 2.05) is 26.0 Å². The molecule has 3 rings (SSSR count). The molecule has 0 unspecified atom stereocenters. The second-order valence-electron chi connectivity index (χ2n) is 7.38. The average molecular weight is 335 g/mol. The molecule has 1 aliphatic heterocycles. The van der Waals surface area contributed by atoms with Gasteiger partial charge in [-0.1, -0.05) is 0 Å². The Morgan fingerprint density at radius 2 is 1.83 bits per heavy atom. The lowest BCUT2D eigenvalue weighted by atomic mass is 9.79. The van der Waals surface area contributed by atoms with Crippen molar-refractivity contribution in [3.05, 3.63) is 11.6 Å². The first-order valence-corrected chi connectivity index (χ1v) is 8.71. The van der Waals surface area contributed by atoms with Crippen molar-refractivity contribution in [2.45, 2.75) is 31.3 Å². The first-order valence-electron chi connectivity index (χ1n) is 8.71. The first-order chi connectivity index (χ1) is 11.4. The van der Waals surface area contributed by atoms with E-state index in [-0.39, 0.29) is 12.1 Å². The van der Waals surface area contributed by atoms with Crippen LogP contribution in [0.3, 0.4) is 0 Å². The summed E-state index contributed by atoms with van der Waals surface area (Å²) in [7, 11) is 8.19. The lowest BCUT2D eigenvalue weighted by molar-refractivity contribution is 0.145. The van der Waals surface area contributed by atoms with Crippen molar-refractivity contribution in [1.29, 1.82) is 0 Å². The molecule has 1 aromatic rings. The molecule has 2 heterocycles. The van der Waals surface area contributed by atoms with E-state index in [4.69, 9.17) is 0 Å². The molecule has 24 heavy (non-hydrogen) atoms. The Kier molecular flexibility index (Phi) is 5.05. The summed E-state index contributed by atoms with van der Waals surface area (Å²) in [6.07, 6.45) is 1.90. The van der Waals surface area contributed by atoms with Crippen molar-refractivity contribution in [3.63, 3.8) is 0 Å². The normalized spacial score (nSPS) is 25.0. The third-order valence-electron chi connectivity index (χ3n) is 5.08. The number of carbonyl (C=O) groups excluding carboxylic acids is 1. The molecule has 0 radical (unpaired) electrons. The Balaban J connectivity index is 1.47. The number of carbonyl (C=O) groups is 1. The van der Waals surface area contributed by atoms with Crippen molar-refractivity contribution in [2.24, 2.45) is 7.05 Å². The highest BCUT2D eigenvalue weighted by atomic mass is 16.2. The van der Waals surface area contributed by atoms with Gasteiger partial charge in [0.1, 0.15) is 11.6 Å². The topological polar surface area (TPSA) is 69.5 Å². The number of amides is 2. The van der Waals surface area contributed by atoms with Crippen molar-refractivity contribution >= 4 is 6.03 Å². The predicted octanol–water partition coefficient (Wildman–Crippen LogP) is 0.0797. The zero-order chi connectivity index (χ0) is 17.3. The van der Waals surface area contributed by atoms with E-state index in [1.54, 1.807) is 0 Å². The summed E-state index contributed by atoms with van der Waals surface area (Å²) in [6.45, 7) is 4.33. The van der Waals surface area contributed by atoms with Gasteiger partial charge < -0.3 is 24.6 Å². The van der Waals surface area contributed by atoms with E-state index in [2.05, 4.69) is 36.9 Å². The van der Waals surface area contributed by atoms with Gasteiger partial charge in [-0.05, 0) is 34.0 Å². The minimum atomic E-state index is 0.0813. The molecule has 1 saturated heterocycles. The van der Waals surface area contributed by atoms with Crippen molar-refractivity contribution in [1.82, 2.24) is 34.8 Å². The van der Waals surface area contributed by atoms with Gasteiger partial charge >= 0.3 is 6.03 Å². The fourth-order valence-corrected chi connectivity index (χ4v) is 3.37. The van der Waals surface area contributed by atoms with Crippen LogP contribution >= 0.6 is 0 Å². The highest BCUT2D eigenvalue weighted by Crippen LogP contribution is 2.36. The summed E-state index contributed by atoms with van der Waals surface area (Å²) < 4.78 is 2.10. The fraction of sp³-hybridized carbons (Fsp3) is 0.812. The summed E-state index contributed by atoms with van der Waals surface area (Å²) >= 11 is 0. The van der Waals surface area contributed by atoms with Crippen LogP contribution in [0.1, 0.15) is 30.4 Å². The molecule has 1 saturated carbocycles. The first kappa shape index (κ1) is 17.2. The largest absolute Gasteiger partial charge is 0.335 e. The van der Waals surface area contributed by atoms with Gasteiger partial charge in [0.15, 0.2) is 0 Å². The van der Waals surface area contributed by atoms with Crippen LogP contribution in [0.2, 0.25) is 0 Å². The van der Waals surface area contributed by atoms with Crippen LogP contribution in [-0.4, -0.2) is 88.9 Å². The Labute approximate surface area is 143 Å². The van der Waals surface area contributed by atoms with Crippen LogP contribution in [-0.2, 0) is 13.6 Å². The zero-order valence-electron chi connectivity index (χ0n) is 15.2. The Morgan fingerprint density at radius 1 is 1.17 bits per heavy atom. The molecule has 0 atom stereocenters. The summed E-state index contributed by atoms with van der Waals surface area (Å²) in [5.41, 5.74) is 0. The smallest absolute Gasteiger partial charge is 0.317 e. The van der Waals surface area contributed by atoms with Gasteiger partial charge in [0, 0.05) is 45.2 Å². The van der Waals surface area contributed by atoms with E-state index < -0.39 is 0 Å². The lowest BCUT2D eigenvalue weighted by Crippen LogP contribution is -2.54. The molecule has 1 N–H and O–H groups in total. The molecular weight excluding hydrogens is 306 g/mol. The third kappa shape index (κ3) is 3.70.